The molecule has 4 nitrogen and oxygen atoms in total. The first-order chi connectivity index (χ1) is 6.15. The number of urea groups is 1. The van der Waals surface area contributed by atoms with Crippen molar-refractivity contribution in [3.63, 3.8) is 0 Å². The molecule has 0 aromatic heterocycles. The molecule has 4 heteroatoms. The van der Waals surface area contributed by atoms with Gasteiger partial charge in [-0.15, -0.1) is 0 Å². The van der Waals surface area contributed by atoms with Crippen LogP contribution in [-0.2, 0) is 0 Å². The van der Waals surface area contributed by atoms with Gasteiger partial charge in [0.15, 0.2) is 0 Å². The molecule has 76 valence electrons. The smallest absolute Gasteiger partial charge is 0.315 e. The molecule has 0 aromatic carbocycles. The minimum absolute atomic E-state index is 0.118. The summed E-state index contributed by atoms with van der Waals surface area (Å²) in [5.74, 6) is 0. The molecule has 2 amide bonds. The van der Waals surface area contributed by atoms with E-state index in [0.29, 0.717) is 0 Å². The van der Waals surface area contributed by atoms with E-state index in [4.69, 9.17) is 0 Å². The molecule has 0 atom stereocenters. The SMILES string of the molecule is CCCCN1CN(C)C(=O)N(C)C1. The fourth-order valence-corrected chi connectivity index (χ4v) is 1.58. The van der Waals surface area contributed by atoms with E-state index in [0.717, 1.165) is 19.9 Å². The van der Waals surface area contributed by atoms with Crippen LogP contribution in [0.1, 0.15) is 19.8 Å². The van der Waals surface area contributed by atoms with Crippen molar-refractivity contribution >= 4 is 6.03 Å². The predicted octanol–water partition coefficient (Wildman–Crippen LogP) is 1.00. The normalized spacial score (nSPS) is 19.8. The van der Waals surface area contributed by atoms with Crippen molar-refractivity contribution in [2.24, 2.45) is 0 Å². The van der Waals surface area contributed by atoms with Crippen LogP contribution in [0.25, 0.3) is 0 Å². The monoisotopic (exact) mass is 185 g/mol. The number of carbonyl (C=O) groups is 1. The van der Waals surface area contributed by atoms with Gasteiger partial charge in [0, 0.05) is 20.6 Å². The molecule has 0 bridgehead atoms. The summed E-state index contributed by atoms with van der Waals surface area (Å²) in [7, 11) is 3.69. The highest BCUT2D eigenvalue weighted by Crippen LogP contribution is 2.06. The van der Waals surface area contributed by atoms with Gasteiger partial charge in [-0.25, -0.2) is 4.79 Å². The number of hydrogen-bond donors (Lipinski definition) is 0. The molecule has 0 saturated carbocycles. The Balaban J connectivity index is 2.39. The summed E-state index contributed by atoms with van der Waals surface area (Å²) in [5.41, 5.74) is 0. The molecule has 0 unspecified atom stereocenters. The lowest BCUT2D eigenvalue weighted by Gasteiger charge is -2.38. The summed E-state index contributed by atoms with van der Waals surface area (Å²) < 4.78 is 0. The third-order valence-corrected chi connectivity index (χ3v) is 2.31. The summed E-state index contributed by atoms with van der Waals surface area (Å²) in [6, 6.07) is 0.118. The standard InChI is InChI=1S/C9H19N3O/c1-4-5-6-12-7-10(2)9(13)11(3)8-12/h4-8H2,1-3H3. The molecule has 0 aromatic rings. The number of rotatable bonds is 3. The lowest BCUT2D eigenvalue weighted by molar-refractivity contribution is 0.0547. The first kappa shape index (κ1) is 10.3. The van der Waals surface area contributed by atoms with E-state index in [1.54, 1.807) is 9.80 Å². The summed E-state index contributed by atoms with van der Waals surface area (Å²) in [4.78, 5) is 17.2. The fraction of sp³-hybridized carbons (Fsp3) is 0.889. The van der Waals surface area contributed by atoms with Gasteiger partial charge in [-0.1, -0.05) is 13.3 Å². The molecule has 1 saturated heterocycles. The lowest BCUT2D eigenvalue weighted by atomic mass is 10.3. The van der Waals surface area contributed by atoms with Crippen LogP contribution in [0.2, 0.25) is 0 Å². The van der Waals surface area contributed by atoms with Crippen molar-refractivity contribution in [1.82, 2.24) is 14.7 Å². The van der Waals surface area contributed by atoms with Crippen LogP contribution in [0.3, 0.4) is 0 Å². The van der Waals surface area contributed by atoms with Gasteiger partial charge in [-0.3, -0.25) is 4.90 Å². The Bertz CT molecular complexity index is 170. The van der Waals surface area contributed by atoms with Gasteiger partial charge < -0.3 is 9.80 Å². The second-order valence-corrected chi connectivity index (χ2v) is 3.71. The van der Waals surface area contributed by atoms with Crippen LogP contribution in [0, 0.1) is 0 Å². The van der Waals surface area contributed by atoms with E-state index in [-0.39, 0.29) is 6.03 Å². The molecular formula is C9H19N3O. The Labute approximate surface area is 80.1 Å². The van der Waals surface area contributed by atoms with E-state index in [9.17, 15) is 4.79 Å². The third kappa shape index (κ3) is 2.59. The van der Waals surface area contributed by atoms with Crippen LogP contribution in [0.4, 0.5) is 4.79 Å². The number of unbranched alkanes of at least 4 members (excludes halogenated alkanes) is 1. The lowest BCUT2D eigenvalue weighted by Crippen LogP contribution is -2.55. The first-order valence-corrected chi connectivity index (χ1v) is 4.83. The van der Waals surface area contributed by atoms with E-state index in [2.05, 4.69) is 11.8 Å². The van der Waals surface area contributed by atoms with Gasteiger partial charge in [-0.05, 0) is 6.42 Å². The minimum Gasteiger partial charge on any atom is -0.315 e. The van der Waals surface area contributed by atoms with Crippen LogP contribution in [0.5, 0.6) is 0 Å². The zero-order valence-corrected chi connectivity index (χ0v) is 8.79. The molecule has 1 aliphatic heterocycles. The maximum absolute atomic E-state index is 11.4. The number of amides is 2. The molecule has 1 heterocycles. The van der Waals surface area contributed by atoms with Crippen molar-refractivity contribution in [2.75, 3.05) is 34.0 Å². The second kappa shape index (κ2) is 4.46. The molecule has 0 N–H and O–H groups in total. The van der Waals surface area contributed by atoms with Crippen LogP contribution in [0.15, 0.2) is 0 Å². The van der Waals surface area contributed by atoms with Crippen LogP contribution in [-0.4, -0.2) is 54.7 Å². The van der Waals surface area contributed by atoms with Crippen LogP contribution >= 0.6 is 0 Å². The molecule has 0 aliphatic carbocycles. The summed E-state index contributed by atoms with van der Waals surface area (Å²) >= 11 is 0. The Hall–Kier alpha value is -0.770. The predicted molar refractivity (Wildman–Crippen MR) is 52.3 cm³/mol. The Morgan fingerprint density at radius 3 is 2.23 bits per heavy atom. The second-order valence-electron chi connectivity index (χ2n) is 3.71. The third-order valence-electron chi connectivity index (χ3n) is 2.31. The number of carbonyl (C=O) groups excluding carboxylic acids is 1. The van der Waals surface area contributed by atoms with Crippen molar-refractivity contribution in [3.05, 3.63) is 0 Å². The molecule has 1 aliphatic rings. The van der Waals surface area contributed by atoms with E-state index < -0.39 is 0 Å². The van der Waals surface area contributed by atoms with Crippen molar-refractivity contribution < 1.29 is 4.79 Å². The zero-order chi connectivity index (χ0) is 9.84. The van der Waals surface area contributed by atoms with Gasteiger partial charge in [0.05, 0.1) is 13.3 Å². The minimum atomic E-state index is 0.118. The van der Waals surface area contributed by atoms with Gasteiger partial charge in [0.25, 0.3) is 0 Å². The summed E-state index contributed by atoms with van der Waals surface area (Å²) in [5, 5.41) is 0. The van der Waals surface area contributed by atoms with E-state index in [1.165, 1.54) is 12.8 Å². The quantitative estimate of drug-likeness (QED) is 0.656. The fourth-order valence-electron chi connectivity index (χ4n) is 1.58. The molecule has 1 rings (SSSR count). The highest BCUT2D eigenvalue weighted by atomic mass is 16.2. The molecule has 1 fully saturated rings. The topological polar surface area (TPSA) is 26.8 Å². The Morgan fingerprint density at radius 2 is 1.77 bits per heavy atom. The van der Waals surface area contributed by atoms with Crippen molar-refractivity contribution in [3.8, 4) is 0 Å². The average Bonchev–Trinajstić information content (AvgIpc) is 2.10. The van der Waals surface area contributed by atoms with Crippen LogP contribution < -0.4 is 0 Å². The first-order valence-electron chi connectivity index (χ1n) is 4.83. The Morgan fingerprint density at radius 1 is 1.23 bits per heavy atom. The largest absolute Gasteiger partial charge is 0.321 e. The van der Waals surface area contributed by atoms with Gasteiger partial charge >= 0.3 is 6.03 Å². The van der Waals surface area contributed by atoms with E-state index in [1.807, 2.05) is 14.1 Å². The van der Waals surface area contributed by atoms with Crippen molar-refractivity contribution in [2.45, 2.75) is 19.8 Å². The van der Waals surface area contributed by atoms with E-state index >= 15 is 0 Å². The number of nitrogens with zero attached hydrogens (tertiary/aromatic N) is 3. The summed E-state index contributed by atoms with van der Waals surface area (Å²) in [6.45, 7) is 4.80. The van der Waals surface area contributed by atoms with Crippen molar-refractivity contribution in [1.29, 1.82) is 0 Å². The molecular weight excluding hydrogens is 166 g/mol. The summed E-state index contributed by atoms with van der Waals surface area (Å²) in [6.07, 6.45) is 2.41. The van der Waals surface area contributed by atoms with Gasteiger partial charge in [0.2, 0.25) is 0 Å². The Kier molecular flexibility index (Phi) is 3.54. The number of hydrogen-bond acceptors (Lipinski definition) is 2. The maximum Gasteiger partial charge on any atom is 0.321 e. The average molecular weight is 185 g/mol. The van der Waals surface area contributed by atoms with Gasteiger partial charge in [0.1, 0.15) is 0 Å². The molecule has 0 radical (unpaired) electrons. The van der Waals surface area contributed by atoms with Gasteiger partial charge in [-0.2, -0.15) is 0 Å². The highest BCUT2D eigenvalue weighted by molar-refractivity contribution is 5.74. The molecule has 13 heavy (non-hydrogen) atoms. The highest BCUT2D eigenvalue weighted by Gasteiger charge is 2.23. The molecule has 0 spiro atoms. The zero-order valence-electron chi connectivity index (χ0n) is 8.79. The maximum atomic E-state index is 11.4.